The molecule has 0 radical (unpaired) electrons. The Labute approximate surface area is 231 Å². The van der Waals surface area contributed by atoms with Gasteiger partial charge in [-0.3, -0.25) is 9.59 Å². The molecule has 200 valence electrons. The van der Waals surface area contributed by atoms with Gasteiger partial charge in [0.1, 0.15) is 10.8 Å². The fourth-order valence-corrected chi connectivity index (χ4v) is 6.71. The molecule has 4 rings (SSSR count). The smallest absolute Gasteiger partial charge is 0.341 e. The molecule has 0 aliphatic heterocycles. The lowest BCUT2D eigenvalue weighted by Crippen LogP contribution is -2.25. The van der Waals surface area contributed by atoms with Crippen LogP contribution in [0.5, 0.6) is 5.75 Å². The third-order valence-corrected chi connectivity index (χ3v) is 9.00. The number of aryl methyl sites for hydroxylation is 1. The quantitative estimate of drug-likeness (QED) is 0.177. The van der Waals surface area contributed by atoms with Crippen LogP contribution in [-0.4, -0.2) is 37.3 Å². The van der Waals surface area contributed by atoms with Crippen LogP contribution >= 0.6 is 23.1 Å². The highest BCUT2D eigenvalue weighted by molar-refractivity contribution is 8.00. The molecule has 0 saturated heterocycles. The van der Waals surface area contributed by atoms with Crippen LogP contribution in [0, 0.1) is 0 Å². The molecule has 1 heterocycles. The van der Waals surface area contributed by atoms with Crippen LogP contribution in [0.15, 0.2) is 53.4 Å². The normalized spacial score (nSPS) is 13.6. The van der Waals surface area contributed by atoms with Crippen molar-refractivity contribution in [2.45, 2.75) is 55.6 Å². The van der Waals surface area contributed by atoms with E-state index in [2.05, 4.69) is 10.6 Å². The predicted octanol–water partition coefficient (Wildman–Crippen LogP) is 6.57. The van der Waals surface area contributed by atoms with Gasteiger partial charge in [-0.15, -0.1) is 23.1 Å². The van der Waals surface area contributed by atoms with Crippen molar-refractivity contribution in [2.24, 2.45) is 0 Å². The van der Waals surface area contributed by atoms with Gasteiger partial charge in [0.05, 0.1) is 25.0 Å². The van der Waals surface area contributed by atoms with E-state index in [9.17, 15) is 14.4 Å². The van der Waals surface area contributed by atoms with E-state index in [1.165, 1.54) is 35.1 Å². The number of methoxy groups -OCH3 is 2. The molecule has 0 fully saturated rings. The minimum absolute atomic E-state index is 0.160. The summed E-state index contributed by atoms with van der Waals surface area (Å²) in [5.41, 5.74) is 2.69. The minimum atomic E-state index is -0.402. The van der Waals surface area contributed by atoms with Gasteiger partial charge < -0.3 is 20.1 Å². The second-order valence-corrected chi connectivity index (χ2v) is 11.4. The number of rotatable bonds is 9. The molecule has 0 spiro atoms. The van der Waals surface area contributed by atoms with Gasteiger partial charge in [0.15, 0.2) is 0 Å². The van der Waals surface area contributed by atoms with Crippen molar-refractivity contribution in [3.63, 3.8) is 0 Å². The second-order valence-electron chi connectivity index (χ2n) is 8.97. The fraction of sp³-hybridized carbons (Fsp3) is 0.345. The van der Waals surface area contributed by atoms with Crippen molar-refractivity contribution in [1.29, 1.82) is 0 Å². The lowest BCUT2D eigenvalue weighted by atomic mass is 10.1. The molecule has 2 amide bonds. The maximum absolute atomic E-state index is 13.3. The van der Waals surface area contributed by atoms with Crippen LogP contribution in [0.4, 0.5) is 10.7 Å². The lowest BCUT2D eigenvalue weighted by Gasteiger charge is -2.16. The van der Waals surface area contributed by atoms with Gasteiger partial charge >= 0.3 is 5.97 Å². The molecule has 1 aliphatic carbocycles. The van der Waals surface area contributed by atoms with Crippen molar-refractivity contribution in [3.05, 3.63) is 70.1 Å². The Bertz CT molecular complexity index is 1300. The van der Waals surface area contributed by atoms with Gasteiger partial charge in [-0.05, 0) is 80.1 Å². The molecular formula is C29H32N2O5S2. The summed E-state index contributed by atoms with van der Waals surface area (Å²) in [6.45, 7) is 1.96. The Morgan fingerprint density at radius 2 is 1.76 bits per heavy atom. The average Bonchev–Trinajstić information content (AvgIpc) is 3.10. The highest BCUT2D eigenvalue weighted by Gasteiger charge is 2.28. The third-order valence-electron chi connectivity index (χ3n) is 6.43. The van der Waals surface area contributed by atoms with Gasteiger partial charge in [0, 0.05) is 21.0 Å². The van der Waals surface area contributed by atoms with Gasteiger partial charge in [-0.1, -0.05) is 19.4 Å². The van der Waals surface area contributed by atoms with E-state index in [0.717, 1.165) is 42.6 Å². The molecule has 9 heteroatoms. The zero-order valence-corrected chi connectivity index (χ0v) is 23.4. The summed E-state index contributed by atoms with van der Waals surface area (Å²) in [6, 6.07) is 14.3. The van der Waals surface area contributed by atoms with E-state index in [1.54, 1.807) is 31.4 Å². The number of amides is 2. The number of nitrogens with one attached hydrogen (secondary N) is 2. The molecule has 0 bridgehead atoms. The molecule has 3 aromatic rings. The highest BCUT2D eigenvalue weighted by Crippen LogP contribution is 2.39. The number of thioether (sulfide) groups is 1. The summed E-state index contributed by atoms with van der Waals surface area (Å²) in [4.78, 5) is 40.7. The van der Waals surface area contributed by atoms with Crippen molar-refractivity contribution < 1.29 is 23.9 Å². The SMILES string of the molecule is CCC(Sc1cccc(NC(=O)c2ccc(OC)cc2)c1)C(=O)Nc1sc2c(c1C(=O)OC)CCCCC2. The molecule has 2 N–H and O–H groups in total. The van der Waals surface area contributed by atoms with Gasteiger partial charge in [-0.2, -0.15) is 0 Å². The first-order valence-corrected chi connectivity index (χ1v) is 14.4. The van der Waals surface area contributed by atoms with Crippen LogP contribution in [0.1, 0.15) is 63.8 Å². The molecule has 1 aromatic heterocycles. The number of carbonyl (C=O) groups excluding carboxylic acids is 3. The Morgan fingerprint density at radius 3 is 2.47 bits per heavy atom. The molecule has 2 aromatic carbocycles. The van der Waals surface area contributed by atoms with E-state index < -0.39 is 5.97 Å². The van der Waals surface area contributed by atoms with E-state index in [1.807, 2.05) is 31.2 Å². The Morgan fingerprint density at radius 1 is 1.00 bits per heavy atom. The second kappa shape index (κ2) is 13.0. The summed E-state index contributed by atoms with van der Waals surface area (Å²) < 4.78 is 10.2. The summed E-state index contributed by atoms with van der Waals surface area (Å²) >= 11 is 2.92. The Balaban J connectivity index is 1.46. The van der Waals surface area contributed by atoms with Crippen LogP contribution in [0.2, 0.25) is 0 Å². The van der Waals surface area contributed by atoms with E-state index in [-0.39, 0.29) is 17.1 Å². The van der Waals surface area contributed by atoms with E-state index in [4.69, 9.17) is 9.47 Å². The van der Waals surface area contributed by atoms with Crippen LogP contribution in [0.25, 0.3) is 0 Å². The molecule has 38 heavy (non-hydrogen) atoms. The zero-order valence-electron chi connectivity index (χ0n) is 21.8. The van der Waals surface area contributed by atoms with E-state index in [0.29, 0.717) is 34.0 Å². The Kier molecular flexibility index (Phi) is 9.47. The third kappa shape index (κ3) is 6.57. The zero-order chi connectivity index (χ0) is 27.1. The summed E-state index contributed by atoms with van der Waals surface area (Å²) in [7, 11) is 2.95. The topological polar surface area (TPSA) is 93.7 Å². The maximum atomic E-state index is 13.3. The first-order valence-electron chi connectivity index (χ1n) is 12.7. The fourth-order valence-electron chi connectivity index (χ4n) is 4.42. The van der Waals surface area contributed by atoms with Crippen LogP contribution in [-0.2, 0) is 22.4 Å². The predicted molar refractivity (Wildman–Crippen MR) is 153 cm³/mol. The lowest BCUT2D eigenvalue weighted by molar-refractivity contribution is -0.115. The van der Waals surface area contributed by atoms with E-state index >= 15 is 0 Å². The van der Waals surface area contributed by atoms with Gasteiger partial charge in [-0.25, -0.2) is 4.79 Å². The number of esters is 1. The number of hydrogen-bond donors (Lipinski definition) is 2. The molecular weight excluding hydrogens is 520 g/mol. The number of benzene rings is 2. The number of ether oxygens (including phenoxy) is 2. The standard InChI is InChI=1S/C29H32N2O5S2/c1-4-23(27(33)31-28-25(29(34)36-3)22-11-6-5-7-12-24(22)38-28)37-21-10-8-9-19(17-21)30-26(32)18-13-15-20(35-2)16-14-18/h8-10,13-17,23H,4-7,11-12H2,1-3H3,(H,30,32)(H,31,33). The summed E-state index contributed by atoms with van der Waals surface area (Å²) in [6.07, 6.45) is 5.59. The largest absolute Gasteiger partial charge is 0.497 e. The monoisotopic (exact) mass is 552 g/mol. The van der Waals surface area contributed by atoms with Crippen molar-refractivity contribution >= 4 is 51.6 Å². The maximum Gasteiger partial charge on any atom is 0.341 e. The van der Waals surface area contributed by atoms with Crippen LogP contribution in [0.3, 0.4) is 0 Å². The first kappa shape index (κ1) is 27.7. The highest BCUT2D eigenvalue weighted by atomic mass is 32.2. The molecule has 0 saturated carbocycles. The van der Waals surface area contributed by atoms with Gasteiger partial charge in [0.25, 0.3) is 5.91 Å². The van der Waals surface area contributed by atoms with Crippen molar-refractivity contribution in [2.75, 3.05) is 24.9 Å². The number of thiophene rings is 1. The molecule has 1 unspecified atom stereocenters. The number of fused-ring (bicyclic) bond motifs is 1. The number of carbonyl (C=O) groups is 3. The summed E-state index contributed by atoms with van der Waals surface area (Å²) in [5.74, 6) is -0.111. The summed E-state index contributed by atoms with van der Waals surface area (Å²) in [5, 5.41) is 6.14. The molecule has 7 nitrogen and oxygen atoms in total. The molecule has 1 atom stereocenters. The minimum Gasteiger partial charge on any atom is -0.497 e. The molecule has 1 aliphatic rings. The average molecular weight is 553 g/mol. The first-order chi connectivity index (χ1) is 18.4. The van der Waals surface area contributed by atoms with Crippen LogP contribution < -0.4 is 15.4 Å². The number of hydrogen-bond acceptors (Lipinski definition) is 7. The number of anilines is 2. The van der Waals surface area contributed by atoms with Crippen molar-refractivity contribution in [3.8, 4) is 5.75 Å². The Hall–Kier alpha value is -3.30. The van der Waals surface area contributed by atoms with Crippen molar-refractivity contribution in [1.82, 2.24) is 0 Å². The van der Waals surface area contributed by atoms with Gasteiger partial charge in [0.2, 0.25) is 5.91 Å².